The molecule has 28 heavy (non-hydrogen) atoms. The summed E-state index contributed by atoms with van der Waals surface area (Å²) in [6.45, 7) is 4.30. The fraction of sp³-hybridized carbons (Fsp3) is 0.238. The van der Waals surface area contributed by atoms with Crippen LogP contribution in [0, 0.1) is 6.92 Å². The highest BCUT2D eigenvalue weighted by Crippen LogP contribution is 2.13. The molecule has 0 spiro atoms. The van der Waals surface area contributed by atoms with Crippen molar-refractivity contribution in [2.75, 3.05) is 18.4 Å². The van der Waals surface area contributed by atoms with E-state index >= 15 is 0 Å². The number of hydrogen-bond donors (Lipinski definition) is 1. The van der Waals surface area contributed by atoms with E-state index in [1.807, 2.05) is 68.4 Å². The van der Waals surface area contributed by atoms with Gasteiger partial charge in [-0.25, -0.2) is 0 Å². The van der Waals surface area contributed by atoms with Crippen LogP contribution in [0.4, 0.5) is 5.69 Å². The first-order chi connectivity index (χ1) is 13.6. The Morgan fingerprint density at radius 3 is 2.50 bits per heavy atom. The van der Waals surface area contributed by atoms with Crippen LogP contribution in [0.25, 0.3) is 5.69 Å². The molecule has 1 aromatic heterocycles. The van der Waals surface area contributed by atoms with Crippen molar-refractivity contribution in [2.45, 2.75) is 20.3 Å². The lowest BCUT2D eigenvalue weighted by Crippen LogP contribution is -2.38. The van der Waals surface area contributed by atoms with Crippen molar-refractivity contribution in [3.63, 3.8) is 0 Å². The number of aromatic nitrogens is 3. The van der Waals surface area contributed by atoms with Gasteiger partial charge in [-0.05, 0) is 37.1 Å². The average molecular weight is 377 g/mol. The minimum Gasteiger partial charge on any atom is -0.328 e. The lowest BCUT2D eigenvalue weighted by atomic mass is 10.2. The van der Waals surface area contributed by atoms with Crippen molar-refractivity contribution in [1.29, 1.82) is 0 Å². The Balaban J connectivity index is 1.71. The minimum absolute atomic E-state index is 0.0425. The Morgan fingerprint density at radius 2 is 1.79 bits per heavy atom. The SMILES string of the molecule is CCCN(CC(=O)Nc1ccccc1C)C(=O)c1cnn(-c2ccccc2)n1. The van der Waals surface area contributed by atoms with Crippen LogP contribution in [0.1, 0.15) is 29.4 Å². The number of carbonyl (C=O) groups excluding carboxylic acids is 2. The molecule has 0 radical (unpaired) electrons. The van der Waals surface area contributed by atoms with Gasteiger partial charge in [0, 0.05) is 12.2 Å². The molecular formula is C21H23N5O2. The van der Waals surface area contributed by atoms with Crippen LogP contribution < -0.4 is 5.32 Å². The van der Waals surface area contributed by atoms with E-state index in [9.17, 15) is 9.59 Å². The molecule has 0 fully saturated rings. The average Bonchev–Trinajstić information content (AvgIpc) is 3.20. The molecule has 7 heteroatoms. The third-order valence-electron chi connectivity index (χ3n) is 4.23. The zero-order chi connectivity index (χ0) is 19.9. The molecule has 2 amide bonds. The van der Waals surface area contributed by atoms with Crippen molar-refractivity contribution in [2.24, 2.45) is 0 Å². The van der Waals surface area contributed by atoms with Gasteiger partial charge in [0.15, 0.2) is 5.69 Å². The Bertz CT molecular complexity index is 952. The van der Waals surface area contributed by atoms with Crippen LogP contribution in [-0.2, 0) is 4.79 Å². The summed E-state index contributed by atoms with van der Waals surface area (Å²) in [5.41, 5.74) is 2.68. The fourth-order valence-electron chi connectivity index (χ4n) is 2.81. The Labute approximate surface area is 164 Å². The number of nitrogens with zero attached hydrogens (tertiary/aromatic N) is 4. The summed E-state index contributed by atoms with van der Waals surface area (Å²) < 4.78 is 0. The van der Waals surface area contributed by atoms with Gasteiger partial charge in [0.05, 0.1) is 11.9 Å². The number of anilines is 1. The Kier molecular flexibility index (Phi) is 6.16. The Hall–Kier alpha value is -3.48. The topological polar surface area (TPSA) is 80.1 Å². The molecule has 0 atom stereocenters. The molecule has 0 unspecified atom stereocenters. The van der Waals surface area contributed by atoms with Crippen molar-refractivity contribution in [3.05, 3.63) is 72.1 Å². The molecule has 144 valence electrons. The standard InChI is InChI=1S/C21H23N5O2/c1-3-13-25(15-20(27)23-18-12-8-7-9-16(18)2)21(28)19-14-22-26(24-19)17-10-5-4-6-11-17/h4-12,14H,3,13,15H2,1-2H3,(H,23,27). The summed E-state index contributed by atoms with van der Waals surface area (Å²) in [6.07, 6.45) is 2.16. The Morgan fingerprint density at radius 1 is 1.07 bits per heavy atom. The third kappa shape index (κ3) is 4.62. The van der Waals surface area contributed by atoms with Gasteiger partial charge in [0.25, 0.3) is 5.91 Å². The maximum atomic E-state index is 12.9. The second-order valence-electron chi connectivity index (χ2n) is 6.44. The highest BCUT2D eigenvalue weighted by molar-refractivity contribution is 5.98. The number of para-hydroxylation sites is 2. The zero-order valence-electron chi connectivity index (χ0n) is 16.0. The van der Waals surface area contributed by atoms with E-state index in [4.69, 9.17) is 0 Å². The van der Waals surface area contributed by atoms with Gasteiger partial charge in [-0.15, -0.1) is 5.10 Å². The van der Waals surface area contributed by atoms with E-state index in [-0.39, 0.29) is 24.1 Å². The van der Waals surface area contributed by atoms with Gasteiger partial charge in [-0.1, -0.05) is 43.3 Å². The molecular weight excluding hydrogens is 354 g/mol. The third-order valence-corrected chi connectivity index (χ3v) is 4.23. The van der Waals surface area contributed by atoms with Gasteiger partial charge in [0.2, 0.25) is 5.91 Å². The molecule has 0 aliphatic rings. The van der Waals surface area contributed by atoms with E-state index in [2.05, 4.69) is 15.5 Å². The normalized spacial score (nSPS) is 10.5. The molecule has 0 aliphatic heterocycles. The lowest BCUT2D eigenvalue weighted by molar-refractivity contribution is -0.116. The summed E-state index contributed by atoms with van der Waals surface area (Å²) >= 11 is 0. The number of benzene rings is 2. The van der Waals surface area contributed by atoms with Gasteiger partial charge in [-0.2, -0.15) is 9.90 Å². The van der Waals surface area contributed by atoms with E-state index in [0.29, 0.717) is 6.54 Å². The smallest absolute Gasteiger partial charge is 0.276 e. The van der Waals surface area contributed by atoms with E-state index < -0.39 is 0 Å². The first-order valence-corrected chi connectivity index (χ1v) is 9.21. The van der Waals surface area contributed by atoms with Gasteiger partial charge < -0.3 is 10.2 Å². The quantitative estimate of drug-likeness (QED) is 0.686. The van der Waals surface area contributed by atoms with Crippen LogP contribution in [0.5, 0.6) is 0 Å². The summed E-state index contributed by atoms with van der Waals surface area (Å²) in [5.74, 6) is -0.560. The lowest BCUT2D eigenvalue weighted by Gasteiger charge is -2.20. The summed E-state index contributed by atoms with van der Waals surface area (Å²) in [7, 11) is 0. The number of hydrogen-bond acceptors (Lipinski definition) is 4. The van der Waals surface area contributed by atoms with Crippen LogP contribution in [0.3, 0.4) is 0 Å². The molecule has 3 rings (SSSR count). The number of amides is 2. The van der Waals surface area contributed by atoms with Crippen LogP contribution in [-0.4, -0.2) is 44.8 Å². The van der Waals surface area contributed by atoms with Crippen molar-refractivity contribution < 1.29 is 9.59 Å². The predicted molar refractivity (Wildman–Crippen MR) is 107 cm³/mol. The van der Waals surface area contributed by atoms with Crippen LogP contribution in [0.15, 0.2) is 60.8 Å². The number of carbonyl (C=O) groups is 2. The highest BCUT2D eigenvalue weighted by Gasteiger charge is 2.21. The summed E-state index contributed by atoms with van der Waals surface area (Å²) in [6, 6.07) is 16.9. The van der Waals surface area contributed by atoms with E-state index in [1.165, 1.54) is 15.9 Å². The molecule has 0 saturated heterocycles. The molecule has 3 aromatic rings. The molecule has 1 heterocycles. The maximum Gasteiger partial charge on any atom is 0.276 e. The second kappa shape index (κ2) is 8.94. The largest absolute Gasteiger partial charge is 0.328 e. The monoisotopic (exact) mass is 377 g/mol. The summed E-state index contributed by atoms with van der Waals surface area (Å²) in [5, 5.41) is 11.3. The zero-order valence-corrected chi connectivity index (χ0v) is 16.0. The van der Waals surface area contributed by atoms with Gasteiger partial charge >= 0.3 is 0 Å². The van der Waals surface area contributed by atoms with Crippen molar-refractivity contribution in [3.8, 4) is 5.69 Å². The fourth-order valence-corrected chi connectivity index (χ4v) is 2.81. The van der Waals surface area contributed by atoms with Crippen molar-refractivity contribution >= 4 is 17.5 Å². The first-order valence-electron chi connectivity index (χ1n) is 9.21. The van der Waals surface area contributed by atoms with E-state index in [0.717, 1.165) is 23.4 Å². The molecule has 0 aliphatic carbocycles. The molecule has 1 N–H and O–H groups in total. The van der Waals surface area contributed by atoms with Crippen molar-refractivity contribution in [1.82, 2.24) is 19.9 Å². The molecule has 2 aromatic carbocycles. The van der Waals surface area contributed by atoms with Crippen LogP contribution >= 0.6 is 0 Å². The number of aryl methyl sites for hydroxylation is 1. The van der Waals surface area contributed by atoms with Crippen LogP contribution in [0.2, 0.25) is 0 Å². The van der Waals surface area contributed by atoms with Gasteiger partial charge in [-0.3, -0.25) is 9.59 Å². The number of nitrogens with one attached hydrogen (secondary N) is 1. The predicted octanol–water partition coefficient (Wildman–Crippen LogP) is 3.07. The highest BCUT2D eigenvalue weighted by atomic mass is 16.2. The molecule has 0 saturated carbocycles. The van der Waals surface area contributed by atoms with Gasteiger partial charge in [0.1, 0.15) is 6.54 Å². The second-order valence-corrected chi connectivity index (χ2v) is 6.44. The van der Waals surface area contributed by atoms with E-state index in [1.54, 1.807) is 0 Å². The summed E-state index contributed by atoms with van der Waals surface area (Å²) in [4.78, 5) is 28.2. The number of rotatable bonds is 7. The molecule has 0 bridgehead atoms. The maximum absolute atomic E-state index is 12.9. The first kappa shape index (κ1) is 19.3. The molecule has 7 nitrogen and oxygen atoms in total. The minimum atomic E-state index is -0.316.